The van der Waals surface area contributed by atoms with Gasteiger partial charge in [-0.05, 0) is 72.9 Å². The van der Waals surface area contributed by atoms with Crippen molar-refractivity contribution < 1.29 is 4.79 Å². The number of anilines is 6. The van der Waals surface area contributed by atoms with Crippen LogP contribution in [-0.4, -0.2) is 16.0 Å². The van der Waals surface area contributed by atoms with E-state index < -0.39 is 0 Å². The number of benzene rings is 3. The highest BCUT2D eigenvalue weighted by molar-refractivity contribution is 6.34. The fourth-order valence-electron chi connectivity index (χ4n) is 3.92. The number of nitrogens with zero attached hydrogens (tertiary/aromatic N) is 2. The maximum absolute atomic E-state index is 12.8. The molecule has 6 bridgehead atoms. The van der Waals surface area contributed by atoms with Gasteiger partial charge in [0.1, 0.15) is 5.02 Å². The van der Waals surface area contributed by atoms with Crippen LogP contribution >= 0.6 is 23.2 Å². The van der Waals surface area contributed by atoms with E-state index in [-0.39, 0.29) is 6.03 Å². The first kappa shape index (κ1) is 23.0. The zero-order chi connectivity index (χ0) is 24.4. The van der Waals surface area contributed by atoms with Gasteiger partial charge in [0.2, 0.25) is 5.95 Å². The molecule has 0 spiro atoms. The second-order valence-electron chi connectivity index (χ2n) is 8.22. The number of aryl methyl sites for hydroxylation is 3. The number of fused-ring (bicyclic) bond motifs is 6. The number of nitrogens with one attached hydrogen (secondary N) is 4. The van der Waals surface area contributed by atoms with Gasteiger partial charge in [-0.15, -0.1) is 0 Å². The summed E-state index contributed by atoms with van der Waals surface area (Å²) in [6.45, 7) is 1.90. The Labute approximate surface area is 212 Å². The van der Waals surface area contributed by atoms with Gasteiger partial charge < -0.3 is 21.3 Å². The third-order valence-electron chi connectivity index (χ3n) is 5.69. The fraction of sp³-hybridized carbons (Fsp3) is 0.115. The van der Waals surface area contributed by atoms with Crippen LogP contribution in [0.3, 0.4) is 0 Å². The lowest BCUT2D eigenvalue weighted by Gasteiger charge is -2.16. The Morgan fingerprint density at radius 1 is 0.914 bits per heavy atom. The Kier molecular flexibility index (Phi) is 6.44. The quantitative estimate of drug-likeness (QED) is 0.229. The molecule has 1 aromatic heterocycles. The van der Waals surface area contributed by atoms with Crippen LogP contribution in [0.1, 0.15) is 16.7 Å². The van der Waals surface area contributed by atoms with E-state index in [1.807, 2.05) is 49.4 Å². The number of urea groups is 1. The molecule has 4 aromatic rings. The van der Waals surface area contributed by atoms with Crippen LogP contribution in [0.5, 0.6) is 0 Å². The molecule has 3 aromatic carbocycles. The Morgan fingerprint density at radius 2 is 1.74 bits per heavy atom. The number of carbonyl (C=O) groups is 1. The van der Waals surface area contributed by atoms with Crippen LogP contribution in [0, 0.1) is 6.92 Å². The standard InChI is InChI=1S/C26H22Cl2N6O/c1-15-4-2-7-20(27)23(15)33-26(35)32-22-11-10-19-13-17(22)9-8-16-5-3-6-18(12-16)31-25-29-14-21(28)24(30-19)34-25/h2-7,10-14H,8-9H2,1H3,(H2,32,33,35)(H2,29,30,31,34). The molecule has 4 N–H and O–H groups in total. The van der Waals surface area contributed by atoms with Crippen LogP contribution in [0.2, 0.25) is 10.0 Å². The lowest BCUT2D eigenvalue weighted by Crippen LogP contribution is -2.21. The Balaban J connectivity index is 1.47. The summed E-state index contributed by atoms with van der Waals surface area (Å²) in [5.74, 6) is 0.927. The average molecular weight is 505 g/mol. The molecule has 0 saturated carbocycles. The zero-order valence-corrected chi connectivity index (χ0v) is 20.3. The highest BCUT2D eigenvalue weighted by atomic mass is 35.5. The molecule has 1 aliphatic heterocycles. The van der Waals surface area contributed by atoms with Crippen molar-refractivity contribution in [1.29, 1.82) is 0 Å². The largest absolute Gasteiger partial charge is 0.339 e. The smallest absolute Gasteiger partial charge is 0.323 e. The maximum atomic E-state index is 12.8. The van der Waals surface area contributed by atoms with E-state index in [1.165, 1.54) is 0 Å². The molecule has 0 radical (unpaired) electrons. The van der Waals surface area contributed by atoms with E-state index in [9.17, 15) is 4.79 Å². The number of carbonyl (C=O) groups excluding carboxylic acids is 1. The summed E-state index contributed by atoms with van der Waals surface area (Å²) in [5.41, 5.74) is 5.96. The van der Waals surface area contributed by atoms with Gasteiger partial charge in [-0.2, -0.15) is 4.98 Å². The molecule has 9 heteroatoms. The van der Waals surface area contributed by atoms with Gasteiger partial charge in [0, 0.05) is 17.1 Å². The first-order valence-electron chi connectivity index (χ1n) is 11.1. The van der Waals surface area contributed by atoms with Crippen LogP contribution in [0.25, 0.3) is 0 Å². The van der Waals surface area contributed by atoms with Crippen molar-refractivity contribution in [3.8, 4) is 0 Å². The molecule has 176 valence electrons. The number of amides is 2. The summed E-state index contributed by atoms with van der Waals surface area (Å²) >= 11 is 12.6. The molecule has 0 atom stereocenters. The van der Waals surface area contributed by atoms with Crippen LogP contribution in [0.15, 0.2) is 66.9 Å². The zero-order valence-electron chi connectivity index (χ0n) is 18.8. The number of rotatable bonds is 2. The summed E-state index contributed by atoms with van der Waals surface area (Å²) in [7, 11) is 0. The van der Waals surface area contributed by atoms with Gasteiger partial charge in [-0.3, -0.25) is 0 Å². The highest BCUT2D eigenvalue weighted by Crippen LogP contribution is 2.30. The number of hydrogen-bond acceptors (Lipinski definition) is 5. The summed E-state index contributed by atoms with van der Waals surface area (Å²) in [4.78, 5) is 21.6. The van der Waals surface area contributed by atoms with Crippen molar-refractivity contribution in [3.63, 3.8) is 0 Å². The summed E-state index contributed by atoms with van der Waals surface area (Å²) in [6.07, 6.45) is 3.04. The number of halogens is 2. The van der Waals surface area contributed by atoms with Gasteiger partial charge >= 0.3 is 6.03 Å². The summed E-state index contributed by atoms with van der Waals surface area (Å²) in [5, 5.41) is 13.2. The number of hydrogen-bond donors (Lipinski definition) is 4. The molecule has 0 unspecified atom stereocenters. The molecule has 35 heavy (non-hydrogen) atoms. The van der Waals surface area contributed by atoms with E-state index in [0.29, 0.717) is 39.6 Å². The second kappa shape index (κ2) is 9.82. The fourth-order valence-corrected chi connectivity index (χ4v) is 4.33. The molecule has 0 fully saturated rings. The van der Waals surface area contributed by atoms with Gasteiger partial charge in [0.25, 0.3) is 0 Å². The van der Waals surface area contributed by atoms with E-state index in [2.05, 4.69) is 43.4 Å². The van der Waals surface area contributed by atoms with Crippen molar-refractivity contribution in [2.24, 2.45) is 0 Å². The normalized spacial score (nSPS) is 12.2. The Hall–Kier alpha value is -3.81. The van der Waals surface area contributed by atoms with Gasteiger partial charge in [-0.1, -0.05) is 47.5 Å². The highest BCUT2D eigenvalue weighted by Gasteiger charge is 2.14. The van der Waals surface area contributed by atoms with Crippen molar-refractivity contribution in [1.82, 2.24) is 9.97 Å². The van der Waals surface area contributed by atoms with Crippen molar-refractivity contribution in [2.75, 3.05) is 21.3 Å². The second-order valence-corrected chi connectivity index (χ2v) is 9.04. The van der Waals surface area contributed by atoms with Gasteiger partial charge in [-0.25, -0.2) is 9.78 Å². The Morgan fingerprint density at radius 3 is 2.60 bits per heavy atom. The minimum Gasteiger partial charge on any atom is -0.339 e. The van der Waals surface area contributed by atoms with E-state index in [1.54, 1.807) is 12.3 Å². The lowest BCUT2D eigenvalue weighted by atomic mass is 10.0. The molecule has 0 aliphatic carbocycles. The molecular weight excluding hydrogens is 483 g/mol. The van der Waals surface area contributed by atoms with Crippen LogP contribution < -0.4 is 21.3 Å². The predicted octanol–water partition coefficient (Wildman–Crippen LogP) is 7.32. The molecule has 0 saturated heterocycles. The van der Waals surface area contributed by atoms with Crippen LogP contribution in [0.4, 0.5) is 39.3 Å². The first-order chi connectivity index (χ1) is 16.9. The minimum atomic E-state index is -0.365. The van der Waals surface area contributed by atoms with E-state index in [0.717, 1.165) is 34.5 Å². The monoisotopic (exact) mass is 504 g/mol. The minimum absolute atomic E-state index is 0.365. The third-order valence-corrected chi connectivity index (χ3v) is 6.28. The van der Waals surface area contributed by atoms with E-state index in [4.69, 9.17) is 23.2 Å². The summed E-state index contributed by atoms with van der Waals surface area (Å²) < 4.78 is 0. The first-order valence-corrected chi connectivity index (χ1v) is 11.8. The predicted molar refractivity (Wildman–Crippen MR) is 143 cm³/mol. The lowest BCUT2D eigenvalue weighted by molar-refractivity contribution is 0.262. The average Bonchev–Trinajstić information content (AvgIpc) is 2.84. The number of aromatic nitrogens is 2. The Bertz CT molecular complexity index is 1400. The van der Waals surface area contributed by atoms with Crippen molar-refractivity contribution >= 4 is 63.7 Å². The summed E-state index contributed by atoms with van der Waals surface area (Å²) in [6, 6.07) is 18.9. The van der Waals surface area contributed by atoms with E-state index >= 15 is 0 Å². The number of para-hydroxylation sites is 1. The van der Waals surface area contributed by atoms with Crippen molar-refractivity contribution in [2.45, 2.75) is 19.8 Å². The van der Waals surface area contributed by atoms with Gasteiger partial charge in [0.05, 0.1) is 16.9 Å². The third kappa shape index (κ3) is 5.31. The maximum Gasteiger partial charge on any atom is 0.323 e. The van der Waals surface area contributed by atoms with Crippen LogP contribution in [-0.2, 0) is 12.8 Å². The van der Waals surface area contributed by atoms with Gasteiger partial charge in [0.15, 0.2) is 5.82 Å². The molecule has 5 rings (SSSR count). The molecular formula is C26H22Cl2N6O. The van der Waals surface area contributed by atoms with Crippen molar-refractivity contribution in [3.05, 3.63) is 93.6 Å². The molecule has 2 amide bonds. The topological polar surface area (TPSA) is 91.0 Å². The molecule has 7 nitrogen and oxygen atoms in total. The molecule has 1 aliphatic rings. The molecule has 2 heterocycles. The SMILES string of the molecule is Cc1cccc(Cl)c1NC(=O)Nc1ccc2cc1CCc1cccc(c1)Nc1ncc(Cl)c(n1)N2.